The lowest BCUT2D eigenvalue weighted by Crippen LogP contribution is -2.54. The van der Waals surface area contributed by atoms with Crippen molar-refractivity contribution in [1.29, 1.82) is 0 Å². The van der Waals surface area contributed by atoms with Gasteiger partial charge in [-0.1, -0.05) is 38.1 Å². The summed E-state index contributed by atoms with van der Waals surface area (Å²) in [4.78, 5) is 11.6. The summed E-state index contributed by atoms with van der Waals surface area (Å²) in [6, 6.07) is 7.34. The van der Waals surface area contributed by atoms with Crippen molar-refractivity contribution in [2.75, 3.05) is 7.11 Å². The molecule has 2 rings (SSSR count). The van der Waals surface area contributed by atoms with E-state index < -0.39 is 17.8 Å². The molecule has 0 aromatic heterocycles. The van der Waals surface area contributed by atoms with Crippen molar-refractivity contribution in [3.8, 4) is 0 Å². The molecule has 4 nitrogen and oxygen atoms in total. The topological polar surface area (TPSA) is 44.8 Å². The van der Waals surface area contributed by atoms with Crippen molar-refractivity contribution in [1.82, 2.24) is 0 Å². The molecule has 0 atom stereocenters. The number of methoxy groups -OCH3 is 1. The molecule has 1 aromatic rings. The van der Waals surface area contributed by atoms with E-state index in [4.69, 9.17) is 14.0 Å². The van der Waals surface area contributed by atoms with Gasteiger partial charge in [0.2, 0.25) is 0 Å². The fraction of sp³-hybridized carbons (Fsp3) is 0.588. The van der Waals surface area contributed by atoms with Crippen LogP contribution < -0.4 is 5.46 Å². The number of esters is 1. The summed E-state index contributed by atoms with van der Waals surface area (Å²) in [5.74, 6) is -0.156. The first kappa shape index (κ1) is 17.0. The molecular weight excluding hydrogens is 279 g/mol. The van der Waals surface area contributed by atoms with Crippen LogP contribution in [0.15, 0.2) is 24.3 Å². The van der Waals surface area contributed by atoms with Crippen LogP contribution in [0.1, 0.15) is 51.9 Å². The van der Waals surface area contributed by atoms with Crippen LogP contribution >= 0.6 is 0 Å². The maximum atomic E-state index is 11.6. The highest BCUT2D eigenvalue weighted by molar-refractivity contribution is 6.82. The van der Waals surface area contributed by atoms with Crippen LogP contribution in [-0.2, 0) is 14.0 Å². The monoisotopic (exact) mass is 305 g/mol. The standard InChI is InChI=1S/C17H26BO4/c1-12(2)18(21-16(3,4)17(5,6)22-18)14-10-8-13(9-11-14)15(19)20-7/h8-12H,1-7H3/q-1. The molecule has 0 N–H and O–H groups in total. The van der Waals surface area contributed by atoms with Crippen molar-refractivity contribution >= 4 is 18.0 Å². The van der Waals surface area contributed by atoms with Gasteiger partial charge in [-0.2, -0.15) is 5.46 Å². The second-order valence-corrected chi connectivity index (χ2v) is 7.38. The molecule has 0 spiro atoms. The van der Waals surface area contributed by atoms with Crippen molar-refractivity contribution in [2.45, 2.75) is 58.6 Å². The fourth-order valence-electron chi connectivity index (χ4n) is 2.98. The smallest absolute Gasteiger partial charge is 0.337 e. The van der Waals surface area contributed by atoms with Crippen LogP contribution in [0.2, 0.25) is 5.82 Å². The van der Waals surface area contributed by atoms with Crippen LogP contribution in [0.25, 0.3) is 0 Å². The summed E-state index contributed by atoms with van der Waals surface area (Å²) >= 11 is 0. The van der Waals surface area contributed by atoms with Crippen LogP contribution in [0.3, 0.4) is 0 Å². The number of rotatable bonds is 3. The molecule has 0 unspecified atom stereocenters. The van der Waals surface area contributed by atoms with E-state index in [2.05, 4.69) is 41.5 Å². The molecule has 0 bridgehead atoms. The maximum absolute atomic E-state index is 11.6. The predicted molar refractivity (Wildman–Crippen MR) is 88.6 cm³/mol. The first-order chi connectivity index (χ1) is 10.1. The van der Waals surface area contributed by atoms with Crippen LogP contribution in [0.4, 0.5) is 0 Å². The van der Waals surface area contributed by atoms with Gasteiger partial charge in [0.25, 0.3) is 6.55 Å². The van der Waals surface area contributed by atoms with Crippen molar-refractivity contribution in [3.63, 3.8) is 0 Å². The van der Waals surface area contributed by atoms with E-state index in [-0.39, 0.29) is 11.8 Å². The fourth-order valence-corrected chi connectivity index (χ4v) is 2.98. The molecule has 0 amide bonds. The first-order valence-corrected chi connectivity index (χ1v) is 7.79. The van der Waals surface area contributed by atoms with E-state index in [1.807, 2.05) is 12.1 Å². The third-order valence-electron chi connectivity index (χ3n) is 5.06. The summed E-state index contributed by atoms with van der Waals surface area (Å²) in [6.07, 6.45) is 0. The highest BCUT2D eigenvalue weighted by Gasteiger charge is 2.53. The Bertz CT molecular complexity index is 545. The van der Waals surface area contributed by atoms with Crippen molar-refractivity contribution in [3.05, 3.63) is 29.8 Å². The van der Waals surface area contributed by atoms with Gasteiger partial charge in [-0.3, -0.25) is 0 Å². The third kappa shape index (κ3) is 2.57. The van der Waals surface area contributed by atoms with Gasteiger partial charge in [0.05, 0.1) is 12.7 Å². The van der Waals surface area contributed by atoms with Gasteiger partial charge in [0.1, 0.15) is 0 Å². The van der Waals surface area contributed by atoms with Crippen LogP contribution in [0.5, 0.6) is 0 Å². The summed E-state index contributed by atoms with van der Waals surface area (Å²) in [5, 5.41) is 0. The van der Waals surface area contributed by atoms with Gasteiger partial charge in [-0.05, 0) is 27.7 Å². The Morgan fingerprint density at radius 3 is 1.86 bits per heavy atom. The third-order valence-corrected chi connectivity index (χ3v) is 5.06. The zero-order valence-corrected chi connectivity index (χ0v) is 14.6. The second-order valence-electron chi connectivity index (χ2n) is 7.38. The highest BCUT2D eigenvalue weighted by atomic mass is 16.7. The normalized spacial score (nSPS) is 21.8. The van der Waals surface area contributed by atoms with Crippen LogP contribution in [0, 0.1) is 0 Å². The zero-order valence-electron chi connectivity index (χ0n) is 14.6. The summed E-state index contributed by atoms with van der Waals surface area (Å²) in [5.41, 5.74) is 0.718. The van der Waals surface area contributed by atoms with Gasteiger partial charge in [-0.15, -0.1) is 5.82 Å². The Labute approximate surface area is 133 Å². The number of hydrogen-bond acceptors (Lipinski definition) is 4. The molecular formula is C17H26BO4-. The van der Waals surface area contributed by atoms with Gasteiger partial charge in [0.15, 0.2) is 0 Å². The Hall–Kier alpha value is -1.33. The Morgan fingerprint density at radius 1 is 1.05 bits per heavy atom. The number of ether oxygens (including phenoxy) is 1. The van der Waals surface area contributed by atoms with Gasteiger partial charge in [-0.25, -0.2) is 4.79 Å². The number of carbonyl (C=O) groups is 1. The molecule has 1 aliphatic rings. The highest BCUT2D eigenvalue weighted by Crippen LogP contribution is 2.45. The molecule has 1 heterocycles. The van der Waals surface area contributed by atoms with Crippen LogP contribution in [-0.4, -0.2) is 30.8 Å². The molecule has 122 valence electrons. The largest absolute Gasteiger partial charge is 0.558 e. The number of benzene rings is 1. The lowest BCUT2D eigenvalue weighted by Gasteiger charge is -2.41. The second kappa shape index (κ2) is 5.39. The molecule has 1 fully saturated rings. The zero-order chi connectivity index (χ0) is 16.8. The molecule has 0 radical (unpaired) electrons. The predicted octanol–water partition coefficient (Wildman–Crippen LogP) is 3.14. The van der Waals surface area contributed by atoms with E-state index in [1.165, 1.54) is 7.11 Å². The minimum atomic E-state index is -1.61. The van der Waals surface area contributed by atoms with Crippen molar-refractivity contribution in [2.24, 2.45) is 0 Å². The minimum absolute atomic E-state index is 0.185. The van der Waals surface area contributed by atoms with E-state index in [9.17, 15) is 4.79 Å². The minimum Gasteiger partial charge on any atom is -0.558 e. The Morgan fingerprint density at radius 2 is 1.50 bits per heavy atom. The van der Waals surface area contributed by atoms with Gasteiger partial charge in [0, 0.05) is 11.2 Å². The SMILES string of the molecule is COC(=O)c1ccc([B-]2(C(C)C)OC(C)(C)C(C)(C)O2)cc1. The molecule has 1 aliphatic heterocycles. The lowest BCUT2D eigenvalue weighted by molar-refractivity contribution is 0.00578. The van der Waals surface area contributed by atoms with E-state index in [1.54, 1.807) is 12.1 Å². The quantitative estimate of drug-likeness (QED) is 0.636. The maximum Gasteiger partial charge on any atom is 0.337 e. The average Bonchev–Trinajstić information content (AvgIpc) is 2.65. The summed E-state index contributed by atoms with van der Waals surface area (Å²) in [6.45, 7) is 10.8. The Kier molecular flexibility index (Phi) is 4.17. The Balaban J connectivity index is 2.44. The number of carbonyl (C=O) groups excluding carboxylic acids is 1. The molecule has 1 aromatic carbocycles. The average molecular weight is 305 g/mol. The number of hydrogen-bond donors (Lipinski definition) is 0. The molecule has 1 saturated heterocycles. The van der Waals surface area contributed by atoms with E-state index in [0.717, 1.165) is 5.46 Å². The van der Waals surface area contributed by atoms with Gasteiger partial charge >= 0.3 is 5.97 Å². The lowest BCUT2D eigenvalue weighted by atomic mass is 9.43. The molecule has 0 saturated carbocycles. The van der Waals surface area contributed by atoms with E-state index in [0.29, 0.717) is 5.56 Å². The summed E-state index contributed by atoms with van der Waals surface area (Å²) < 4.78 is 17.6. The van der Waals surface area contributed by atoms with Crippen molar-refractivity contribution < 1.29 is 18.8 Å². The summed E-state index contributed by atoms with van der Waals surface area (Å²) in [7, 11) is 1.38. The molecule has 22 heavy (non-hydrogen) atoms. The first-order valence-electron chi connectivity index (χ1n) is 7.79. The van der Waals surface area contributed by atoms with E-state index >= 15 is 0 Å². The molecule has 0 aliphatic carbocycles. The molecule has 5 heteroatoms. The van der Waals surface area contributed by atoms with Gasteiger partial charge < -0.3 is 14.0 Å².